The SMILES string of the molecule is COC(=O)c1c(F)cccc1-c1ccc(CNc2cc(C(=O)O)ccn2)c(F)c1. The molecule has 0 fully saturated rings. The molecule has 3 rings (SSSR count). The van der Waals surface area contributed by atoms with Gasteiger partial charge in [-0.05, 0) is 35.4 Å². The molecule has 29 heavy (non-hydrogen) atoms. The van der Waals surface area contributed by atoms with Gasteiger partial charge < -0.3 is 15.2 Å². The van der Waals surface area contributed by atoms with Gasteiger partial charge in [-0.2, -0.15) is 0 Å². The van der Waals surface area contributed by atoms with Crippen molar-refractivity contribution in [1.82, 2.24) is 4.98 Å². The van der Waals surface area contributed by atoms with Crippen LogP contribution in [-0.2, 0) is 11.3 Å². The highest BCUT2D eigenvalue weighted by Gasteiger charge is 2.19. The summed E-state index contributed by atoms with van der Waals surface area (Å²) >= 11 is 0. The summed E-state index contributed by atoms with van der Waals surface area (Å²) in [5.41, 5.74) is 0.602. The second-order valence-corrected chi connectivity index (χ2v) is 6.05. The summed E-state index contributed by atoms with van der Waals surface area (Å²) in [6.45, 7) is 0.0508. The zero-order valence-corrected chi connectivity index (χ0v) is 15.3. The molecule has 0 amide bonds. The molecule has 0 aliphatic heterocycles. The number of ether oxygens (including phenoxy) is 1. The third kappa shape index (κ3) is 4.37. The largest absolute Gasteiger partial charge is 0.478 e. The lowest BCUT2D eigenvalue weighted by atomic mass is 9.98. The van der Waals surface area contributed by atoms with E-state index in [9.17, 15) is 18.4 Å². The zero-order valence-electron chi connectivity index (χ0n) is 15.3. The van der Waals surface area contributed by atoms with Crippen molar-refractivity contribution in [2.45, 2.75) is 6.54 Å². The van der Waals surface area contributed by atoms with Gasteiger partial charge in [0.15, 0.2) is 0 Å². The number of nitrogens with one attached hydrogen (secondary N) is 1. The monoisotopic (exact) mass is 398 g/mol. The topological polar surface area (TPSA) is 88.5 Å². The van der Waals surface area contributed by atoms with E-state index < -0.39 is 23.6 Å². The Hall–Kier alpha value is -3.81. The van der Waals surface area contributed by atoms with Gasteiger partial charge in [0.25, 0.3) is 0 Å². The Labute approximate surface area is 164 Å². The molecule has 0 spiro atoms. The molecule has 8 heteroatoms. The molecule has 0 aliphatic carbocycles. The quantitative estimate of drug-likeness (QED) is 0.607. The number of hydrogen-bond acceptors (Lipinski definition) is 5. The van der Waals surface area contributed by atoms with Crippen molar-refractivity contribution in [3.05, 3.63) is 83.1 Å². The molecule has 0 saturated heterocycles. The minimum Gasteiger partial charge on any atom is -0.478 e. The Morgan fingerprint density at radius 2 is 1.90 bits per heavy atom. The maximum atomic E-state index is 14.6. The predicted molar refractivity (Wildman–Crippen MR) is 102 cm³/mol. The normalized spacial score (nSPS) is 10.4. The van der Waals surface area contributed by atoms with Crippen molar-refractivity contribution in [2.75, 3.05) is 12.4 Å². The van der Waals surface area contributed by atoms with Gasteiger partial charge in [-0.25, -0.2) is 23.4 Å². The minimum absolute atomic E-state index is 0.0508. The maximum absolute atomic E-state index is 14.6. The molecule has 0 atom stereocenters. The molecule has 2 aromatic carbocycles. The first kappa shape index (κ1) is 19.9. The number of nitrogens with zero attached hydrogens (tertiary/aromatic N) is 1. The van der Waals surface area contributed by atoms with Crippen LogP contribution in [-0.4, -0.2) is 29.1 Å². The van der Waals surface area contributed by atoms with Gasteiger partial charge in [0.1, 0.15) is 23.0 Å². The lowest BCUT2D eigenvalue weighted by Crippen LogP contribution is -2.07. The second-order valence-electron chi connectivity index (χ2n) is 6.05. The summed E-state index contributed by atoms with van der Waals surface area (Å²) in [5.74, 6) is -3.00. The van der Waals surface area contributed by atoms with E-state index in [0.29, 0.717) is 5.56 Å². The van der Waals surface area contributed by atoms with Crippen molar-refractivity contribution in [3.8, 4) is 11.1 Å². The standard InChI is InChI=1S/C21H16F2N2O4/c1-29-21(28)19-15(3-2-4-16(19)22)12-5-6-14(17(23)9-12)11-25-18-10-13(20(26)27)7-8-24-18/h2-10H,11H2,1H3,(H,24,25)(H,26,27). The average molecular weight is 398 g/mol. The number of aromatic carboxylic acids is 1. The fraction of sp³-hybridized carbons (Fsp3) is 0.0952. The van der Waals surface area contributed by atoms with Crippen LogP contribution < -0.4 is 5.32 Å². The van der Waals surface area contributed by atoms with Crippen molar-refractivity contribution < 1.29 is 28.2 Å². The third-order valence-corrected chi connectivity index (χ3v) is 4.23. The second kappa shape index (κ2) is 8.47. The van der Waals surface area contributed by atoms with E-state index in [2.05, 4.69) is 15.0 Å². The number of pyridine rings is 1. The van der Waals surface area contributed by atoms with Gasteiger partial charge in [-0.15, -0.1) is 0 Å². The van der Waals surface area contributed by atoms with E-state index in [1.54, 1.807) is 6.07 Å². The maximum Gasteiger partial charge on any atom is 0.341 e. The van der Waals surface area contributed by atoms with E-state index in [-0.39, 0.29) is 34.6 Å². The number of carbonyl (C=O) groups is 2. The first-order valence-corrected chi connectivity index (χ1v) is 8.49. The summed E-state index contributed by atoms with van der Waals surface area (Å²) < 4.78 is 33.3. The van der Waals surface area contributed by atoms with Gasteiger partial charge in [0.05, 0.1) is 12.7 Å². The smallest absolute Gasteiger partial charge is 0.341 e. The fourth-order valence-corrected chi connectivity index (χ4v) is 2.78. The highest BCUT2D eigenvalue weighted by atomic mass is 19.1. The van der Waals surface area contributed by atoms with Gasteiger partial charge in [0.2, 0.25) is 0 Å². The van der Waals surface area contributed by atoms with Crippen LogP contribution in [0.5, 0.6) is 0 Å². The molecule has 0 saturated carbocycles. The molecular weight excluding hydrogens is 382 g/mol. The van der Waals surface area contributed by atoms with Crippen molar-refractivity contribution in [2.24, 2.45) is 0 Å². The molecule has 0 aliphatic rings. The van der Waals surface area contributed by atoms with Crippen LogP contribution in [0, 0.1) is 11.6 Å². The number of halogens is 2. The highest BCUT2D eigenvalue weighted by Crippen LogP contribution is 2.28. The summed E-state index contributed by atoms with van der Waals surface area (Å²) in [4.78, 5) is 26.9. The summed E-state index contributed by atoms with van der Waals surface area (Å²) in [5, 5.41) is 11.9. The van der Waals surface area contributed by atoms with Crippen LogP contribution in [0.2, 0.25) is 0 Å². The molecule has 6 nitrogen and oxygen atoms in total. The Bertz CT molecular complexity index is 1090. The summed E-state index contributed by atoms with van der Waals surface area (Å²) in [7, 11) is 1.14. The number of carbonyl (C=O) groups excluding carboxylic acids is 1. The lowest BCUT2D eigenvalue weighted by Gasteiger charge is -2.12. The van der Waals surface area contributed by atoms with Crippen molar-refractivity contribution in [3.63, 3.8) is 0 Å². The lowest BCUT2D eigenvalue weighted by molar-refractivity contribution is 0.0595. The number of aromatic nitrogens is 1. The van der Waals surface area contributed by atoms with Crippen molar-refractivity contribution in [1.29, 1.82) is 0 Å². The molecule has 3 aromatic rings. The number of anilines is 1. The molecule has 0 unspecified atom stereocenters. The fourth-order valence-electron chi connectivity index (χ4n) is 2.78. The Kier molecular flexibility index (Phi) is 5.82. The molecule has 148 valence electrons. The van der Waals surface area contributed by atoms with E-state index in [4.69, 9.17) is 5.11 Å². The number of hydrogen-bond donors (Lipinski definition) is 2. The van der Waals surface area contributed by atoms with Crippen LogP contribution >= 0.6 is 0 Å². The predicted octanol–water partition coefficient (Wildman–Crippen LogP) is 4.12. The van der Waals surface area contributed by atoms with Crippen LogP contribution in [0.3, 0.4) is 0 Å². The van der Waals surface area contributed by atoms with Crippen molar-refractivity contribution >= 4 is 17.8 Å². The minimum atomic E-state index is -1.09. The molecule has 1 aromatic heterocycles. The summed E-state index contributed by atoms with van der Waals surface area (Å²) in [6, 6.07) is 11.0. The van der Waals surface area contributed by atoms with Crippen LogP contribution in [0.15, 0.2) is 54.7 Å². The molecule has 0 radical (unpaired) electrons. The number of rotatable bonds is 6. The van der Waals surface area contributed by atoms with Crippen LogP contribution in [0.25, 0.3) is 11.1 Å². The number of esters is 1. The molecule has 1 heterocycles. The number of carboxylic acid groups (broad SMARTS) is 1. The van der Waals surface area contributed by atoms with Crippen LogP contribution in [0.4, 0.5) is 14.6 Å². The first-order valence-electron chi connectivity index (χ1n) is 8.49. The number of carboxylic acids is 1. The van der Waals surface area contributed by atoms with Crippen LogP contribution in [0.1, 0.15) is 26.3 Å². The highest BCUT2D eigenvalue weighted by molar-refractivity contribution is 5.97. The zero-order chi connectivity index (χ0) is 21.0. The van der Waals surface area contributed by atoms with E-state index in [1.165, 1.54) is 42.6 Å². The van der Waals surface area contributed by atoms with E-state index >= 15 is 0 Å². The summed E-state index contributed by atoms with van der Waals surface area (Å²) in [6.07, 6.45) is 1.34. The van der Waals surface area contributed by atoms with Gasteiger partial charge in [0, 0.05) is 18.3 Å². The molecule has 0 bridgehead atoms. The third-order valence-electron chi connectivity index (χ3n) is 4.23. The van der Waals surface area contributed by atoms with Gasteiger partial charge in [-0.3, -0.25) is 0 Å². The van der Waals surface area contributed by atoms with Gasteiger partial charge >= 0.3 is 11.9 Å². The van der Waals surface area contributed by atoms with Gasteiger partial charge in [-0.1, -0.05) is 24.3 Å². The Balaban J connectivity index is 1.85. The Morgan fingerprint density at radius 1 is 1.10 bits per heavy atom. The van der Waals surface area contributed by atoms with E-state index in [1.807, 2.05) is 0 Å². The van der Waals surface area contributed by atoms with E-state index in [0.717, 1.165) is 13.2 Å². The number of methoxy groups -OCH3 is 1. The number of benzene rings is 2. The molecular formula is C21H16F2N2O4. The Morgan fingerprint density at radius 3 is 2.59 bits per heavy atom. The first-order chi connectivity index (χ1) is 13.9. The average Bonchev–Trinajstić information content (AvgIpc) is 2.72. The molecule has 2 N–H and O–H groups in total.